The summed E-state index contributed by atoms with van der Waals surface area (Å²) in [5.41, 5.74) is 1.06. The lowest BCUT2D eigenvalue weighted by molar-refractivity contribution is -0.140. The summed E-state index contributed by atoms with van der Waals surface area (Å²) >= 11 is 0. The molecule has 136 valence electrons. The van der Waals surface area contributed by atoms with Crippen molar-refractivity contribution in [1.29, 1.82) is 0 Å². The second-order valence-electron chi connectivity index (χ2n) is 7.27. The number of hydrogen-bond acceptors (Lipinski definition) is 4. The summed E-state index contributed by atoms with van der Waals surface area (Å²) in [7, 11) is 0. The van der Waals surface area contributed by atoms with Crippen molar-refractivity contribution in [3.63, 3.8) is 0 Å². The number of nitrogens with zero attached hydrogens (tertiary/aromatic N) is 2. The van der Waals surface area contributed by atoms with Crippen molar-refractivity contribution in [3.8, 4) is 0 Å². The van der Waals surface area contributed by atoms with E-state index in [9.17, 15) is 19.2 Å². The van der Waals surface area contributed by atoms with Gasteiger partial charge >= 0.3 is 0 Å². The summed E-state index contributed by atoms with van der Waals surface area (Å²) in [5, 5.41) is 2.65. The molecule has 7 nitrogen and oxygen atoms in total. The smallest absolute Gasteiger partial charge is 0.257 e. The Morgan fingerprint density at radius 1 is 1.08 bits per heavy atom. The number of carbonyl (C=O) groups excluding carboxylic acids is 4. The molecule has 3 fully saturated rings. The molecule has 1 heterocycles. The lowest BCUT2D eigenvalue weighted by Gasteiger charge is -2.27. The lowest BCUT2D eigenvalue weighted by Crippen LogP contribution is -2.47. The zero-order valence-electron chi connectivity index (χ0n) is 14.6. The fraction of sp³-hybridized carbons (Fsp3) is 0.474. The molecule has 0 aromatic heterocycles. The van der Waals surface area contributed by atoms with Crippen molar-refractivity contribution in [2.24, 2.45) is 5.92 Å². The van der Waals surface area contributed by atoms with Gasteiger partial charge < -0.3 is 10.2 Å². The Morgan fingerprint density at radius 2 is 1.73 bits per heavy atom. The number of amides is 4. The summed E-state index contributed by atoms with van der Waals surface area (Å²) in [4.78, 5) is 52.0. The molecule has 2 saturated carbocycles. The maximum absolute atomic E-state index is 12.9. The molecule has 7 heteroatoms. The Hall–Kier alpha value is -2.70. The predicted octanol–water partition coefficient (Wildman–Crippen LogP) is 1.68. The minimum absolute atomic E-state index is 0.0292. The van der Waals surface area contributed by atoms with Gasteiger partial charge in [-0.1, -0.05) is 0 Å². The number of carbonyl (C=O) groups is 4. The van der Waals surface area contributed by atoms with Gasteiger partial charge in [0.05, 0.1) is 12.1 Å². The SMILES string of the molecule is CC(=O)Nc1ccc(N2C(=O)CC(N(C(=O)C3CC3)C3CC3)C2=O)cc1. The van der Waals surface area contributed by atoms with Crippen LogP contribution >= 0.6 is 0 Å². The highest BCUT2D eigenvalue weighted by molar-refractivity contribution is 6.23. The normalized spacial score (nSPS) is 22.5. The molecular formula is C19H21N3O4. The third-order valence-electron chi connectivity index (χ3n) is 5.03. The van der Waals surface area contributed by atoms with Crippen LogP contribution in [0.25, 0.3) is 0 Å². The van der Waals surface area contributed by atoms with Crippen LogP contribution in [0.4, 0.5) is 11.4 Å². The van der Waals surface area contributed by atoms with Gasteiger partial charge in [0.2, 0.25) is 17.7 Å². The van der Waals surface area contributed by atoms with Gasteiger partial charge in [-0.05, 0) is 49.9 Å². The first kappa shape index (κ1) is 16.8. The van der Waals surface area contributed by atoms with Crippen molar-refractivity contribution < 1.29 is 19.2 Å². The van der Waals surface area contributed by atoms with E-state index in [1.807, 2.05) is 0 Å². The topological polar surface area (TPSA) is 86.8 Å². The molecule has 4 rings (SSSR count). The number of hydrogen-bond donors (Lipinski definition) is 1. The molecule has 3 aliphatic rings. The molecule has 1 aliphatic heterocycles. The van der Waals surface area contributed by atoms with Gasteiger partial charge in [-0.25, -0.2) is 4.90 Å². The van der Waals surface area contributed by atoms with E-state index in [1.54, 1.807) is 29.2 Å². The van der Waals surface area contributed by atoms with Crippen LogP contribution in [0.5, 0.6) is 0 Å². The molecule has 0 bridgehead atoms. The van der Waals surface area contributed by atoms with Crippen molar-refractivity contribution in [3.05, 3.63) is 24.3 Å². The van der Waals surface area contributed by atoms with Gasteiger partial charge in [0.1, 0.15) is 6.04 Å². The predicted molar refractivity (Wildman–Crippen MR) is 94.2 cm³/mol. The van der Waals surface area contributed by atoms with Gasteiger partial charge in [-0.3, -0.25) is 19.2 Å². The maximum Gasteiger partial charge on any atom is 0.257 e. The largest absolute Gasteiger partial charge is 0.327 e. The van der Waals surface area contributed by atoms with Gasteiger partial charge in [-0.2, -0.15) is 0 Å². The Bertz CT molecular complexity index is 780. The molecular weight excluding hydrogens is 334 g/mol. The third-order valence-corrected chi connectivity index (χ3v) is 5.03. The molecule has 2 aliphatic carbocycles. The molecule has 0 radical (unpaired) electrons. The van der Waals surface area contributed by atoms with E-state index in [2.05, 4.69) is 5.32 Å². The Kier molecular flexibility index (Phi) is 4.01. The number of benzene rings is 1. The molecule has 1 aromatic carbocycles. The summed E-state index contributed by atoms with van der Waals surface area (Å²) in [6.07, 6.45) is 3.61. The van der Waals surface area contributed by atoms with Gasteiger partial charge in [0, 0.05) is 24.6 Å². The molecule has 4 amide bonds. The summed E-state index contributed by atoms with van der Waals surface area (Å²) in [6, 6.07) is 5.99. The van der Waals surface area contributed by atoms with Crippen LogP contribution in [0, 0.1) is 5.92 Å². The number of imide groups is 1. The van der Waals surface area contributed by atoms with E-state index in [4.69, 9.17) is 0 Å². The average molecular weight is 355 g/mol. The summed E-state index contributed by atoms with van der Waals surface area (Å²) in [5.74, 6) is -0.750. The monoisotopic (exact) mass is 355 g/mol. The Balaban J connectivity index is 1.54. The molecule has 26 heavy (non-hydrogen) atoms. The quantitative estimate of drug-likeness (QED) is 0.814. The molecule has 1 saturated heterocycles. The molecule has 1 aromatic rings. The van der Waals surface area contributed by atoms with Crippen LogP contribution in [0.15, 0.2) is 24.3 Å². The molecule has 1 unspecified atom stereocenters. The summed E-state index contributed by atoms with van der Waals surface area (Å²) in [6.45, 7) is 1.41. The second kappa shape index (κ2) is 6.23. The molecule has 0 spiro atoms. The number of nitrogens with one attached hydrogen (secondary N) is 1. The van der Waals surface area contributed by atoms with Crippen molar-refractivity contribution in [2.45, 2.75) is 51.1 Å². The Labute approximate surface area is 151 Å². The highest BCUT2D eigenvalue weighted by Crippen LogP contribution is 2.39. The van der Waals surface area contributed by atoms with Gasteiger partial charge in [-0.15, -0.1) is 0 Å². The van der Waals surface area contributed by atoms with Crippen LogP contribution in [-0.2, 0) is 19.2 Å². The zero-order chi connectivity index (χ0) is 18.4. The minimum atomic E-state index is -0.682. The van der Waals surface area contributed by atoms with E-state index in [1.165, 1.54) is 6.92 Å². The molecule has 1 N–H and O–H groups in total. The van der Waals surface area contributed by atoms with Crippen molar-refractivity contribution in [2.75, 3.05) is 10.2 Å². The van der Waals surface area contributed by atoms with Crippen molar-refractivity contribution >= 4 is 35.0 Å². The fourth-order valence-corrected chi connectivity index (χ4v) is 3.48. The van der Waals surface area contributed by atoms with Gasteiger partial charge in [0.15, 0.2) is 0 Å². The second-order valence-corrected chi connectivity index (χ2v) is 7.27. The van der Waals surface area contributed by atoms with Crippen LogP contribution in [0.2, 0.25) is 0 Å². The first-order chi connectivity index (χ1) is 12.5. The first-order valence-corrected chi connectivity index (χ1v) is 9.02. The summed E-state index contributed by atoms with van der Waals surface area (Å²) < 4.78 is 0. The van der Waals surface area contributed by atoms with E-state index in [0.29, 0.717) is 11.4 Å². The van der Waals surface area contributed by atoms with E-state index in [-0.39, 0.29) is 42.0 Å². The standard InChI is InChI=1S/C19H21N3O4/c1-11(23)20-13-4-6-15(7-5-13)22-17(24)10-16(19(22)26)21(14-8-9-14)18(25)12-2-3-12/h4-7,12,14,16H,2-3,8-10H2,1H3,(H,20,23). The zero-order valence-corrected chi connectivity index (χ0v) is 14.6. The van der Waals surface area contributed by atoms with Gasteiger partial charge in [0.25, 0.3) is 5.91 Å². The average Bonchev–Trinajstić information content (AvgIpc) is 3.48. The van der Waals surface area contributed by atoms with E-state index < -0.39 is 6.04 Å². The lowest BCUT2D eigenvalue weighted by atomic mass is 10.1. The maximum atomic E-state index is 12.9. The fourth-order valence-electron chi connectivity index (χ4n) is 3.48. The van der Waals surface area contributed by atoms with Crippen LogP contribution in [-0.4, -0.2) is 40.6 Å². The number of anilines is 2. The highest BCUT2D eigenvalue weighted by atomic mass is 16.2. The first-order valence-electron chi connectivity index (χ1n) is 9.02. The van der Waals surface area contributed by atoms with Crippen LogP contribution in [0.3, 0.4) is 0 Å². The van der Waals surface area contributed by atoms with Crippen molar-refractivity contribution in [1.82, 2.24) is 4.90 Å². The third kappa shape index (κ3) is 3.09. The van der Waals surface area contributed by atoms with Crippen LogP contribution in [0.1, 0.15) is 39.0 Å². The highest BCUT2D eigenvalue weighted by Gasteiger charge is 2.51. The minimum Gasteiger partial charge on any atom is -0.327 e. The Morgan fingerprint density at radius 3 is 2.27 bits per heavy atom. The molecule has 1 atom stereocenters. The van der Waals surface area contributed by atoms with E-state index in [0.717, 1.165) is 30.6 Å². The number of rotatable bonds is 5. The van der Waals surface area contributed by atoms with E-state index >= 15 is 0 Å². The van der Waals surface area contributed by atoms with Crippen LogP contribution < -0.4 is 10.2 Å².